The molecule has 0 aliphatic heterocycles. The molecule has 17 heavy (non-hydrogen) atoms. The molecule has 0 unspecified atom stereocenters. The number of nitrogens with two attached hydrogens (primary N) is 2. The number of ether oxygens (including phenoxy) is 1. The molecule has 0 aromatic carbocycles. The molecule has 0 radical (unpaired) electrons. The first-order valence-electron chi connectivity index (χ1n) is 4.48. The molecule has 1 heterocycles. The Morgan fingerprint density at radius 1 is 1.41 bits per heavy atom. The van der Waals surface area contributed by atoms with Crippen molar-refractivity contribution in [2.45, 2.75) is 19.3 Å². The zero-order valence-corrected chi connectivity index (χ0v) is 8.58. The third kappa shape index (κ3) is 3.49. The summed E-state index contributed by atoms with van der Waals surface area (Å²) in [4.78, 5) is 3.77. The fourth-order valence-electron chi connectivity index (χ4n) is 1.17. The predicted octanol–water partition coefficient (Wildman–Crippen LogP) is 1.09. The van der Waals surface area contributed by atoms with Crippen molar-refractivity contribution in [2.75, 3.05) is 5.73 Å². The smallest absolute Gasteiger partial charge is 0.404 e. The molecule has 0 bridgehead atoms. The van der Waals surface area contributed by atoms with Gasteiger partial charge in [-0.25, -0.2) is 4.98 Å². The van der Waals surface area contributed by atoms with Gasteiger partial charge < -0.3 is 16.2 Å². The third-order valence-corrected chi connectivity index (χ3v) is 1.84. The van der Waals surface area contributed by atoms with Gasteiger partial charge in [-0.3, -0.25) is 0 Å². The van der Waals surface area contributed by atoms with Crippen LogP contribution in [0.5, 0.6) is 5.75 Å². The quantitative estimate of drug-likeness (QED) is 0.831. The molecule has 1 aromatic rings. The SMILES string of the molecule is N#CCc1nc(CN)c(OC(F)(F)F)cc1N. The van der Waals surface area contributed by atoms with E-state index in [0.29, 0.717) is 0 Å². The summed E-state index contributed by atoms with van der Waals surface area (Å²) in [6.07, 6.45) is -4.94. The zero-order chi connectivity index (χ0) is 13.1. The highest BCUT2D eigenvalue weighted by Gasteiger charge is 2.32. The Labute approximate surface area is 94.8 Å². The minimum Gasteiger partial charge on any atom is -0.404 e. The second kappa shape index (κ2) is 4.88. The normalized spacial score (nSPS) is 11.0. The summed E-state index contributed by atoms with van der Waals surface area (Å²) in [6.45, 7) is -0.246. The second-order valence-corrected chi connectivity index (χ2v) is 3.06. The highest BCUT2D eigenvalue weighted by Crippen LogP contribution is 2.28. The van der Waals surface area contributed by atoms with Crippen LogP contribution in [0, 0.1) is 11.3 Å². The van der Waals surface area contributed by atoms with Crippen LogP contribution in [0.1, 0.15) is 11.4 Å². The Balaban J connectivity index is 3.15. The van der Waals surface area contributed by atoms with Crippen molar-refractivity contribution in [1.82, 2.24) is 4.98 Å². The van der Waals surface area contributed by atoms with Crippen molar-refractivity contribution >= 4 is 5.69 Å². The van der Waals surface area contributed by atoms with Crippen LogP contribution >= 0.6 is 0 Å². The van der Waals surface area contributed by atoms with Crippen molar-refractivity contribution in [3.63, 3.8) is 0 Å². The first kappa shape index (κ1) is 13.1. The molecule has 4 N–H and O–H groups in total. The molecule has 1 rings (SSSR count). The highest BCUT2D eigenvalue weighted by atomic mass is 19.4. The van der Waals surface area contributed by atoms with Crippen LogP contribution in [-0.4, -0.2) is 11.3 Å². The Hall–Kier alpha value is -2.01. The van der Waals surface area contributed by atoms with Crippen LogP contribution in [0.15, 0.2) is 6.07 Å². The zero-order valence-electron chi connectivity index (χ0n) is 8.58. The summed E-state index contributed by atoms with van der Waals surface area (Å²) in [5.41, 5.74) is 10.7. The van der Waals surface area contributed by atoms with Gasteiger partial charge in [0.1, 0.15) is 0 Å². The molecular formula is C9H9F3N4O. The fourth-order valence-corrected chi connectivity index (χ4v) is 1.17. The Morgan fingerprint density at radius 3 is 2.53 bits per heavy atom. The molecule has 92 valence electrons. The number of nitriles is 1. The number of hydrogen-bond donors (Lipinski definition) is 2. The van der Waals surface area contributed by atoms with Gasteiger partial charge in [0.25, 0.3) is 0 Å². The monoisotopic (exact) mass is 246 g/mol. The van der Waals surface area contributed by atoms with Crippen LogP contribution < -0.4 is 16.2 Å². The molecule has 0 fully saturated rings. The summed E-state index contributed by atoms with van der Waals surface area (Å²) in [7, 11) is 0. The van der Waals surface area contributed by atoms with Crippen LogP contribution in [0.25, 0.3) is 0 Å². The number of anilines is 1. The summed E-state index contributed by atoms with van der Waals surface area (Å²) < 4.78 is 39.9. The highest BCUT2D eigenvalue weighted by molar-refractivity contribution is 5.50. The molecule has 8 heteroatoms. The summed E-state index contributed by atoms with van der Waals surface area (Å²) in [6, 6.07) is 2.77. The lowest BCUT2D eigenvalue weighted by Gasteiger charge is -2.13. The molecule has 0 aliphatic carbocycles. The van der Waals surface area contributed by atoms with E-state index in [-0.39, 0.29) is 30.0 Å². The van der Waals surface area contributed by atoms with Crippen molar-refractivity contribution in [3.8, 4) is 11.8 Å². The van der Waals surface area contributed by atoms with E-state index in [1.807, 2.05) is 0 Å². The van der Waals surface area contributed by atoms with Crippen molar-refractivity contribution in [3.05, 3.63) is 17.5 Å². The first-order chi connectivity index (χ1) is 7.87. The maximum absolute atomic E-state index is 12.1. The Morgan fingerprint density at radius 2 is 2.06 bits per heavy atom. The molecule has 0 saturated carbocycles. The number of nitrogens with zero attached hydrogens (tertiary/aromatic N) is 2. The number of alkyl halides is 3. The summed E-state index contributed by atoms with van der Waals surface area (Å²) in [5.74, 6) is -0.542. The van der Waals surface area contributed by atoms with Crippen molar-refractivity contribution < 1.29 is 17.9 Å². The van der Waals surface area contributed by atoms with Gasteiger partial charge in [0.2, 0.25) is 0 Å². The van der Waals surface area contributed by atoms with E-state index in [1.165, 1.54) is 0 Å². The molecule has 0 amide bonds. The van der Waals surface area contributed by atoms with Gasteiger partial charge in [0.15, 0.2) is 5.75 Å². The van der Waals surface area contributed by atoms with Gasteiger partial charge in [-0.1, -0.05) is 0 Å². The average molecular weight is 246 g/mol. The molecule has 0 atom stereocenters. The minimum absolute atomic E-state index is 0.0389. The van der Waals surface area contributed by atoms with Gasteiger partial charge in [-0.05, 0) is 0 Å². The standard InChI is InChI=1S/C9H9F3N4O/c10-9(11,12)17-8-3-5(15)6(1-2-13)16-7(8)4-14/h3H,1,4,14-15H2. The summed E-state index contributed by atoms with van der Waals surface area (Å²) >= 11 is 0. The lowest BCUT2D eigenvalue weighted by Crippen LogP contribution is -2.20. The number of aromatic nitrogens is 1. The molecule has 5 nitrogen and oxygen atoms in total. The lowest BCUT2D eigenvalue weighted by atomic mass is 10.2. The van der Waals surface area contributed by atoms with Gasteiger partial charge >= 0.3 is 6.36 Å². The van der Waals surface area contributed by atoms with E-state index in [0.717, 1.165) is 6.07 Å². The van der Waals surface area contributed by atoms with Crippen LogP contribution in [0.4, 0.5) is 18.9 Å². The number of nitrogen functional groups attached to an aromatic ring is 1. The van der Waals surface area contributed by atoms with E-state index >= 15 is 0 Å². The maximum Gasteiger partial charge on any atom is 0.573 e. The van der Waals surface area contributed by atoms with Gasteiger partial charge in [0, 0.05) is 12.6 Å². The van der Waals surface area contributed by atoms with E-state index in [9.17, 15) is 13.2 Å². The first-order valence-corrected chi connectivity index (χ1v) is 4.48. The van der Waals surface area contributed by atoms with E-state index in [4.69, 9.17) is 16.7 Å². The number of halogens is 3. The average Bonchev–Trinajstić information content (AvgIpc) is 2.20. The number of hydrogen-bond acceptors (Lipinski definition) is 5. The van der Waals surface area contributed by atoms with Crippen LogP contribution in [-0.2, 0) is 13.0 Å². The van der Waals surface area contributed by atoms with Gasteiger partial charge in [-0.15, -0.1) is 13.2 Å². The minimum atomic E-state index is -4.84. The van der Waals surface area contributed by atoms with Crippen molar-refractivity contribution in [1.29, 1.82) is 5.26 Å². The number of pyridine rings is 1. The molecular weight excluding hydrogens is 237 g/mol. The van der Waals surface area contributed by atoms with E-state index < -0.39 is 12.1 Å². The Kier molecular flexibility index (Phi) is 3.75. The Bertz CT molecular complexity index is 453. The van der Waals surface area contributed by atoms with Crippen LogP contribution in [0.2, 0.25) is 0 Å². The molecule has 1 aromatic heterocycles. The maximum atomic E-state index is 12.1. The molecule has 0 spiro atoms. The fraction of sp³-hybridized carbons (Fsp3) is 0.333. The second-order valence-electron chi connectivity index (χ2n) is 3.06. The third-order valence-electron chi connectivity index (χ3n) is 1.84. The molecule has 0 aliphatic rings. The van der Waals surface area contributed by atoms with E-state index in [2.05, 4.69) is 9.72 Å². The van der Waals surface area contributed by atoms with Gasteiger partial charge in [0.05, 0.1) is 29.6 Å². The van der Waals surface area contributed by atoms with Crippen molar-refractivity contribution in [2.24, 2.45) is 5.73 Å². The number of rotatable bonds is 3. The largest absolute Gasteiger partial charge is 0.573 e. The topological polar surface area (TPSA) is 98.0 Å². The molecule has 0 saturated heterocycles. The lowest BCUT2D eigenvalue weighted by molar-refractivity contribution is -0.275. The summed E-state index contributed by atoms with van der Waals surface area (Å²) in [5, 5.41) is 8.48. The van der Waals surface area contributed by atoms with Gasteiger partial charge in [-0.2, -0.15) is 5.26 Å². The predicted molar refractivity (Wildman–Crippen MR) is 52.5 cm³/mol. The van der Waals surface area contributed by atoms with E-state index in [1.54, 1.807) is 6.07 Å². The van der Waals surface area contributed by atoms with Crippen LogP contribution in [0.3, 0.4) is 0 Å².